The fraction of sp³-hybridized carbons (Fsp3) is 0.0870. The maximum absolute atomic E-state index is 12.7. The van der Waals surface area contributed by atoms with Crippen molar-refractivity contribution in [3.05, 3.63) is 94.5 Å². The van der Waals surface area contributed by atoms with E-state index in [0.717, 1.165) is 4.90 Å². The summed E-state index contributed by atoms with van der Waals surface area (Å²) < 4.78 is 5.33. The van der Waals surface area contributed by atoms with E-state index in [2.05, 4.69) is 5.32 Å². The van der Waals surface area contributed by atoms with Crippen molar-refractivity contribution in [2.45, 2.75) is 6.10 Å². The number of ether oxygens (including phenoxy) is 1. The molecule has 0 aliphatic carbocycles. The molecule has 4 rings (SSSR count). The molecule has 7 heteroatoms. The highest BCUT2D eigenvalue weighted by Crippen LogP contribution is 2.35. The van der Waals surface area contributed by atoms with Gasteiger partial charge in [0.1, 0.15) is 0 Å². The third-order valence-corrected chi connectivity index (χ3v) is 5.13. The summed E-state index contributed by atoms with van der Waals surface area (Å²) in [5.74, 6) is -1.23. The van der Waals surface area contributed by atoms with Gasteiger partial charge in [-0.1, -0.05) is 54.1 Å². The lowest BCUT2D eigenvalue weighted by Gasteiger charge is -2.18. The summed E-state index contributed by atoms with van der Waals surface area (Å²) in [5, 5.41) is 2.92. The van der Waals surface area contributed by atoms with Gasteiger partial charge in [-0.15, -0.1) is 0 Å². The number of imide groups is 1. The van der Waals surface area contributed by atoms with Gasteiger partial charge in [-0.3, -0.25) is 14.4 Å². The molecule has 1 aliphatic heterocycles. The minimum Gasteiger partial charge on any atom is -0.367 e. The predicted molar refractivity (Wildman–Crippen MR) is 114 cm³/mol. The lowest BCUT2D eigenvalue weighted by molar-refractivity contribution is -0.126. The molecular formula is C23H17ClN2O4. The number of fused-ring (bicyclic) bond motifs is 1. The Kier molecular flexibility index (Phi) is 5.35. The largest absolute Gasteiger partial charge is 0.367 e. The van der Waals surface area contributed by atoms with Crippen LogP contribution in [0.4, 0.5) is 11.4 Å². The molecule has 150 valence electrons. The monoisotopic (exact) mass is 420 g/mol. The molecule has 0 spiro atoms. The minimum absolute atomic E-state index is 0.163. The highest BCUT2D eigenvalue weighted by molar-refractivity contribution is 6.40. The van der Waals surface area contributed by atoms with Gasteiger partial charge in [0.05, 0.1) is 21.8 Å². The van der Waals surface area contributed by atoms with Crippen LogP contribution in [0.1, 0.15) is 32.4 Å². The van der Waals surface area contributed by atoms with Gasteiger partial charge in [0.2, 0.25) is 0 Å². The van der Waals surface area contributed by atoms with E-state index in [1.807, 2.05) is 18.2 Å². The zero-order chi connectivity index (χ0) is 21.3. The summed E-state index contributed by atoms with van der Waals surface area (Å²) in [7, 11) is 1.45. The van der Waals surface area contributed by atoms with E-state index in [1.54, 1.807) is 42.5 Å². The number of benzene rings is 3. The maximum atomic E-state index is 12.7. The fourth-order valence-corrected chi connectivity index (χ4v) is 3.67. The first-order valence-electron chi connectivity index (χ1n) is 9.17. The third kappa shape index (κ3) is 3.47. The molecule has 3 amide bonds. The molecule has 1 N–H and O–H groups in total. The summed E-state index contributed by atoms with van der Waals surface area (Å²) in [6, 6.07) is 20.3. The molecule has 1 atom stereocenters. The highest BCUT2D eigenvalue weighted by atomic mass is 35.5. The highest BCUT2D eigenvalue weighted by Gasteiger charge is 2.37. The molecule has 0 bridgehead atoms. The van der Waals surface area contributed by atoms with E-state index in [0.29, 0.717) is 22.4 Å². The second-order valence-electron chi connectivity index (χ2n) is 6.67. The molecule has 0 aromatic heterocycles. The second-order valence-corrected chi connectivity index (χ2v) is 7.08. The Morgan fingerprint density at radius 3 is 2.10 bits per heavy atom. The van der Waals surface area contributed by atoms with Crippen molar-refractivity contribution < 1.29 is 19.1 Å². The molecule has 0 saturated heterocycles. The summed E-state index contributed by atoms with van der Waals surface area (Å²) in [5.41, 5.74) is 2.06. The predicted octanol–water partition coefficient (Wildman–Crippen LogP) is 4.47. The molecule has 0 saturated carbocycles. The van der Waals surface area contributed by atoms with Crippen molar-refractivity contribution in [3.63, 3.8) is 0 Å². The topological polar surface area (TPSA) is 75.7 Å². The summed E-state index contributed by atoms with van der Waals surface area (Å²) in [6.07, 6.45) is -0.791. The van der Waals surface area contributed by atoms with E-state index in [-0.39, 0.29) is 16.6 Å². The van der Waals surface area contributed by atoms with E-state index in [1.165, 1.54) is 19.2 Å². The average Bonchev–Trinajstić information content (AvgIpc) is 3.00. The summed E-state index contributed by atoms with van der Waals surface area (Å²) in [4.78, 5) is 39.0. The van der Waals surface area contributed by atoms with Crippen molar-refractivity contribution in [1.29, 1.82) is 0 Å². The number of carbonyl (C=O) groups is 3. The van der Waals surface area contributed by atoms with Crippen molar-refractivity contribution in [3.8, 4) is 0 Å². The number of carbonyl (C=O) groups excluding carboxylic acids is 3. The quantitative estimate of drug-likeness (QED) is 0.618. The maximum Gasteiger partial charge on any atom is 0.266 e. The van der Waals surface area contributed by atoms with Crippen LogP contribution >= 0.6 is 11.6 Å². The zero-order valence-electron chi connectivity index (χ0n) is 16.0. The number of methoxy groups -OCH3 is 1. The zero-order valence-corrected chi connectivity index (χ0v) is 16.7. The first kappa shape index (κ1) is 19.8. The lowest BCUT2D eigenvalue weighted by Crippen LogP contribution is -2.29. The average molecular weight is 421 g/mol. The first-order chi connectivity index (χ1) is 14.5. The van der Waals surface area contributed by atoms with Crippen LogP contribution in [0.15, 0.2) is 72.8 Å². The number of nitrogens with one attached hydrogen (secondary N) is 1. The van der Waals surface area contributed by atoms with Crippen LogP contribution in [-0.4, -0.2) is 24.8 Å². The molecule has 0 unspecified atom stereocenters. The molecule has 6 nitrogen and oxygen atoms in total. The van der Waals surface area contributed by atoms with Crippen LogP contribution in [-0.2, 0) is 9.53 Å². The molecule has 30 heavy (non-hydrogen) atoms. The molecule has 1 aliphatic rings. The summed E-state index contributed by atoms with van der Waals surface area (Å²) in [6.45, 7) is 0. The van der Waals surface area contributed by atoms with Gasteiger partial charge in [0, 0.05) is 12.8 Å². The Bertz CT molecular complexity index is 1110. The molecule has 0 fully saturated rings. The Balaban J connectivity index is 1.56. The molecule has 1 heterocycles. The number of nitrogens with zero attached hydrogens (tertiary/aromatic N) is 1. The molecular weight excluding hydrogens is 404 g/mol. The smallest absolute Gasteiger partial charge is 0.266 e. The van der Waals surface area contributed by atoms with Crippen LogP contribution in [0.3, 0.4) is 0 Å². The van der Waals surface area contributed by atoms with Crippen molar-refractivity contribution >= 4 is 40.7 Å². The second kappa shape index (κ2) is 8.10. The van der Waals surface area contributed by atoms with Gasteiger partial charge in [0.25, 0.3) is 17.7 Å². The van der Waals surface area contributed by atoms with E-state index in [9.17, 15) is 14.4 Å². The van der Waals surface area contributed by atoms with E-state index >= 15 is 0 Å². The molecule has 3 aromatic carbocycles. The molecule has 0 radical (unpaired) electrons. The Hall–Kier alpha value is -3.48. The first-order valence-corrected chi connectivity index (χ1v) is 9.55. The van der Waals surface area contributed by atoms with Gasteiger partial charge in [-0.25, -0.2) is 4.90 Å². The van der Waals surface area contributed by atoms with Crippen LogP contribution in [0.2, 0.25) is 5.02 Å². The van der Waals surface area contributed by atoms with Gasteiger partial charge in [-0.2, -0.15) is 0 Å². The third-order valence-electron chi connectivity index (χ3n) is 4.83. The fourth-order valence-electron chi connectivity index (χ4n) is 3.40. The van der Waals surface area contributed by atoms with Crippen molar-refractivity contribution in [2.75, 3.05) is 17.3 Å². The Labute approximate surface area is 178 Å². The van der Waals surface area contributed by atoms with Gasteiger partial charge in [0.15, 0.2) is 6.10 Å². The minimum atomic E-state index is -0.791. The van der Waals surface area contributed by atoms with Crippen LogP contribution in [0.25, 0.3) is 0 Å². The number of rotatable bonds is 5. The van der Waals surface area contributed by atoms with Crippen LogP contribution < -0.4 is 10.2 Å². The van der Waals surface area contributed by atoms with Crippen LogP contribution in [0.5, 0.6) is 0 Å². The van der Waals surface area contributed by atoms with E-state index in [4.69, 9.17) is 16.3 Å². The Morgan fingerprint density at radius 1 is 0.933 bits per heavy atom. The number of amides is 3. The normalized spacial score (nSPS) is 13.9. The standard InChI is InChI=1S/C23H17ClN2O4/c1-30-20(14-7-3-2-4-8-14)21(27)25-15-11-12-19(18(24)13-15)26-22(28)16-9-5-6-10-17(16)23(26)29/h2-13,20H,1H3,(H,25,27)/t20-/m0/s1. The number of anilines is 2. The molecule has 3 aromatic rings. The number of hydrogen-bond donors (Lipinski definition) is 1. The number of hydrogen-bond acceptors (Lipinski definition) is 4. The summed E-state index contributed by atoms with van der Waals surface area (Å²) >= 11 is 6.37. The van der Waals surface area contributed by atoms with Gasteiger partial charge >= 0.3 is 0 Å². The van der Waals surface area contributed by atoms with E-state index < -0.39 is 17.9 Å². The van der Waals surface area contributed by atoms with Crippen molar-refractivity contribution in [1.82, 2.24) is 0 Å². The van der Waals surface area contributed by atoms with Crippen LogP contribution in [0, 0.1) is 0 Å². The Morgan fingerprint density at radius 2 is 1.53 bits per heavy atom. The van der Waals surface area contributed by atoms with Gasteiger partial charge < -0.3 is 10.1 Å². The number of halogens is 1. The van der Waals surface area contributed by atoms with Gasteiger partial charge in [-0.05, 0) is 35.9 Å². The van der Waals surface area contributed by atoms with Crippen molar-refractivity contribution in [2.24, 2.45) is 0 Å². The SMILES string of the molecule is CO[C@H](C(=O)Nc1ccc(N2C(=O)c3ccccc3C2=O)c(Cl)c1)c1ccccc1. The lowest BCUT2D eigenvalue weighted by atomic mass is 10.1.